The molecule has 0 atom stereocenters. The van der Waals surface area contributed by atoms with Gasteiger partial charge in [0.1, 0.15) is 13.2 Å². The molecule has 186 valence electrons. The molecule has 0 aliphatic heterocycles. The van der Waals surface area contributed by atoms with E-state index in [4.69, 9.17) is 23.7 Å². The van der Waals surface area contributed by atoms with Crippen LogP contribution in [0.4, 0.5) is 5.69 Å². The molecule has 34 heavy (non-hydrogen) atoms. The van der Waals surface area contributed by atoms with Crippen LogP contribution in [0, 0.1) is 0 Å². The van der Waals surface area contributed by atoms with E-state index >= 15 is 0 Å². The molecular weight excluding hydrogens is 438 g/mol. The Labute approximate surface area is 201 Å². The number of unbranched alkanes of at least 4 members (excludes halogenated alkanes) is 1. The summed E-state index contributed by atoms with van der Waals surface area (Å²) in [4.78, 5) is 23.8. The van der Waals surface area contributed by atoms with Gasteiger partial charge < -0.3 is 29.0 Å². The smallest absolute Gasteiger partial charge is 0.338 e. The number of hydrogen-bond acceptors (Lipinski definition) is 8. The van der Waals surface area contributed by atoms with Crippen LogP contribution < -0.4 is 5.32 Å². The summed E-state index contributed by atoms with van der Waals surface area (Å²) in [6.45, 7) is 5.65. The van der Waals surface area contributed by atoms with E-state index in [-0.39, 0.29) is 25.2 Å². The fourth-order valence-corrected chi connectivity index (χ4v) is 2.80. The number of rotatable bonds is 18. The lowest BCUT2D eigenvalue weighted by molar-refractivity contribution is -0.00674. The Bertz CT molecular complexity index is 812. The van der Waals surface area contributed by atoms with Crippen LogP contribution in [0.2, 0.25) is 0 Å². The third-order valence-corrected chi connectivity index (χ3v) is 4.66. The van der Waals surface area contributed by atoms with Gasteiger partial charge in [-0.2, -0.15) is 0 Å². The van der Waals surface area contributed by atoms with Crippen LogP contribution in [0.3, 0.4) is 0 Å². The lowest BCUT2D eigenvalue weighted by Crippen LogP contribution is -2.15. The molecule has 1 N–H and O–H groups in total. The van der Waals surface area contributed by atoms with Gasteiger partial charge in [0.25, 0.3) is 0 Å². The molecule has 8 heteroatoms. The van der Waals surface area contributed by atoms with Gasteiger partial charge in [-0.1, -0.05) is 31.5 Å². The highest BCUT2D eigenvalue weighted by atomic mass is 16.6. The molecule has 0 spiro atoms. The van der Waals surface area contributed by atoms with Crippen LogP contribution in [-0.4, -0.2) is 71.3 Å². The Hall–Kier alpha value is -2.94. The van der Waals surface area contributed by atoms with Crippen molar-refractivity contribution < 1.29 is 33.3 Å². The van der Waals surface area contributed by atoms with E-state index < -0.39 is 0 Å². The van der Waals surface area contributed by atoms with E-state index in [0.717, 1.165) is 25.1 Å². The maximum atomic E-state index is 12.0. The van der Waals surface area contributed by atoms with Crippen molar-refractivity contribution in [1.29, 1.82) is 0 Å². The number of carbonyl (C=O) groups is 2. The van der Waals surface area contributed by atoms with Crippen LogP contribution in [0.25, 0.3) is 0 Å². The molecule has 0 saturated carbocycles. The van der Waals surface area contributed by atoms with Gasteiger partial charge in [0.05, 0.1) is 50.8 Å². The molecule has 0 aromatic heterocycles. The SMILES string of the molecule is CCCCNc1ccc(C(=O)OCCOCCOCCOCCOC(=O)c2ccccc2)cc1. The largest absolute Gasteiger partial charge is 0.460 e. The third kappa shape index (κ3) is 11.8. The molecule has 0 heterocycles. The number of ether oxygens (including phenoxy) is 5. The fourth-order valence-electron chi connectivity index (χ4n) is 2.80. The van der Waals surface area contributed by atoms with Crippen molar-refractivity contribution in [2.45, 2.75) is 19.8 Å². The van der Waals surface area contributed by atoms with Crippen LogP contribution in [0.1, 0.15) is 40.5 Å². The maximum Gasteiger partial charge on any atom is 0.338 e. The van der Waals surface area contributed by atoms with Crippen LogP contribution in [-0.2, 0) is 23.7 Å². The molecule has 0 amide bonds. The summed E-state index contributed by atoms with van der Waals surface area (Å²) in [5.74, 6) is -0.733. The molecule has 0 aliphatic carbocycles. The standard InChI is InChI=1S/C26H35NO7/c1-2-3-13-27-24-11-9-23(10-12-24)26(29)34-21-19-32-17-15-30-14-16-31-18-20-33-25(28)22-7-5-4-6-8-22/h4-12,27H,2-3,13-21H2,1H3. The summed E-state index contributed by atoms with van der Waals surface area (Å²) in [5, 5.41) is 3.31. The minimum absolute atomic E-state index is 0.181. The minimum Gasteiger partial charge on any atom is -0.460 e. The first-order chi connectivity index (χ1) is 16.7. The molecule has 2 rings (SSSR count). The monoisotopic (exact) mass is 473 g/mol. The highest BCUT2D eigenvalue weighted by molar-refractivity contribution is 5.90. The third-order valence-electron chi connectivity index (χ3n) is 4.66. The average Bonchev–Trinajstić information content (AvgIpc) is 2.87. The van der Waals surface area contributed by atoms with Gasteiger partial charge >= 0.3 is 11.9 Å². The van der Waals surface area contributed by atoms with E-state index in [1.54, 1.807) is 36.4 Å². The molecule has 2 aromatic rings. The number of benzene rings is 2. The Kier molecular flexibility index (Phi) is 14.1. The van der Waals surface area contributed by atoms with Crippen molar-refractivity contribution in [3.63, 3.8) is 0 Å². The summed E-state index contributed by atoms with van der Waals surface area (Å²) < 4.78 is 26.5. The number of hydrogen-bond donors (Lipinski definition) is 1. The van der Waals surface area contributed by atoms with Crippen molar-refractivity contribution in [2.75, 3.05) is 64.7 Å². The second kappa shape index (κ2) is 17.5. The average molecular weight is 474 g/mol. The second-order valence-electron chi connectivity index (χ2n) is 7.33. The Balaban J connectivity index is 1.38. The summed E-state index contributed by atoms with van der Waals surface area (Å²) in [5.41, 5.74) is 2.02. The fraction of sp³-hybridized carbons (Fsp3) is 0.462. The molecule has 2 aromatic carbocycles. The van der Waals surface area contributed by atoms with E-state index in [1.807, 2.05) is 18.2 Å². The van der Waals surface area contributed by atoms with Crippen LogP contribution >= 0.6 is 0 Å². The van der Waals surface area contributed by atoms with Gasteiger partial charge in [-0.3, -0.25) is 0 Å². The predicted octanol–water partition coefficient (Wildman–Crippen LogP) is 3.96. The Morgan fingerprint density at radius 1 is 0.647 bits per heavy atom. The quantitative estimate of drug-likeness (QED) is 0.257. The van der Waals surface area contributed by atoms with E-state index in [1.165, 1.54) is 0 Å². The highest BCUT2D eigenvalue weighted by Gasteiger charge is 2.07. The van der Waals surface area contributed by atoms with Gasteiger partial charge in [0, 0.05) is 12.2 Å². The predicted molar refractivity (Wildman–Crippen MR) is 129 cm³/mol. The molecule has 0 fully saturated rings. The van der Waals surface area contributed by atoms with E-state index in [9.17, 15) is 9.59 Å². The van der Waals surface area contributed by atoms with E-state index in [0.29, 0.717) is 50.8 Å². The topological polar surface area (TPSA) is 92.3 Å². The van der Waals surface area contributed by atoms with Crippen molar-refractivity contribution in [2.24, 2.45) is 0 Å². The van der Waals surface area contributed by atoms with Gasteiger partial charge in [0.15, 0.2) is 0 Å². The first kappa shape index (κ1) is 27.3. The molecular formula is C26H35NO7. The van der Waals surface area contributed by atoms with Gasteiger partial charge in [-0.25, -0.2) is 9.59 Å². The zero-order valence-corrected chi connectivity index (χ0v) is 19.8. The van der Waals surface area contributed by atoms with E-state index in [2.05, 4.69) is 12.2 Å². The summed E-state index contributed by atoms with van der Waals surface area (Å²) >= 11 is 0. The first-order valence-corrected chi connectivity index (χ1v) is 11.7. The Morgan fingerprint density at radius 2 is 1.12 bits per heavy atom. The molecule has 0 saturated heterocycles. The normalized spacial score (nSPS) is 10.6. The summed E-state index contributed by atoms with van der Waals surface area (Å²) in [6, 6.07) is 16.1. The number of nitrogens with one attached hydrogen (secondary N) is 1. The summed E-state index contributed by atoms with van der Waals surface area (Å²) in [6.07, 6.45) is 2.24. The molecule has 0 bridgehead atoms. The Morgan fingerprint density at radius 3 is 1.62 bits per heavy atom. The minimum atomic E-state index is -0.369. The number of anilines is 1. The van der Waals surface area contributed by atoms with Gasteiger partial charge in [0.2, 0.25) is 0 Å². The van der Waals surface area contributed by atoms with Crippen molar-refractivity contribution in [3.05, 3.63) is 65.7 Å². The zero-order valence-electron chi connectivity index (χ0n) is 19.8. The molecule has 0 unspecified atom stereocenters. The van der Waals surface area contributed by atoms with Crippen molar-refractivity contribution in [3.8, 4) is 0 Å². The second-order valence-corrected chi connectivity index (χ2v) is 7.33. The lowest BCUT2D eigenvalue weighted by atomic mass is 10.2. The highest BCUT2D eigenvalue weighted by Crippen LogP contribution is 2.10. The van der Waals surface area contributed by atoms with Gasteiger partial charge in [-0.05, 0) is 42.8 Å². The molecule has 8 nitrogen and oxygen atoms in total. The first-order valence-electron chi connectivity index (χ1n) is 11.7. The lowest BCUT2D eigenvalue weighted by Gasteiger charge is -2.09. The van der Waals surface area contributed by atoms with Crippen LogP contribution in [0.15, 0.2) is 54.6 Å². The summed E-state index contributed by atoms with van der Waals surface area (Å²) in [7, 11) is 0. The molecule has 0 aliphatic rings. The molecule has 0 radical (unpaired) electrons. The van der Waals surface area contributed by atoms with Crippen molar-refractivity contribution in [1.82, 2.24) is 0 Å². The van der Waals surface area contributed by atoms with Gasteiger partial charge in [-0.15, -0.1) is 0 Å². The van der Waals surface area contributed by atoms with Crippen molar-refractivity contribution >= 4 is 17.6 Å². The number of esters is 2. The zero-order chi connectivity index (χ0) is 24.3. The maximum absolute atomic E-state index is 12.0. The van der Waals surface area contributed by atoms with Crippen LogP contribution in [0.5, 0.6) is 0 Å². The number of carbonyl (C=O) groups excluding carboxylic acids is 2.